The fourth-order valence-electron chi connectivity index (χ4n) is 1.39. The lowest BCUT2D eigenvalue weighted by molar-refractivity contribution is 0.112. The van der Waals surface area contributed by atoms with Crippen molar-refractivity contribution in [1.29, 1.82) is 0 Å². The molecule has 0 radical (unpaired) electrons. The molecule has 1 N–H and O–H groups in total. The molecule has 0 bridgehead atoms. The summed E-state index contributed by atoms with van der Waals surface area (Å²) in [6.45, 7) is 0. The quantitative estimate of drug-likeness (QED) is 0.750. The summed E-state index contributed by atoms with van der Waals surface area (Å²) >= 11 is 0. The van der Waals surface area contributed by atoms with E-state index in [9.17, 15) is 9.59 Å². The van der Waals surface area contributed by atoms with Crippen LogP contribution in [-0.4, -0.2) is 11.3 Å². The van der Waals surface area contributed by atoms with Crippen molar-refractivity contribution in [3.63, 3.8) is 0 Å². The lowest BCUT2D eigenvalue weighted by atomic mass is 10.1. The van der Waals surface area contributed by atoms with Crippen molar-refractivity contribution in [3.8, 4) is 11.1 Å². The molecule has 0 spiro atoms. The lowest BCUT2D eigenvalue weighted by Crippen LogP contribution is -2.06. The van der Waals surface area contributed by atoms with Gasteiger partial charge in [-0.15, -0.1) is 0 Å². The molecule has 3 nitrogen and oxygen atoms in total. The van der Waals surface area contributed by atoms with Gasteiger partial charge in [0.15, 0.2) is 0 Å². The third-order valence-corrected chi connectivity index (χ3v) is 2.18. The van der Waals surface area contributed by atoms with Crippen LogP contribution in [0.4, 0.5) is 0 Å². The highest BCUT2D eigenvalue weighted by Crippen LogP contribution is 2.14. The molecule has 1 aromatic heterocycles. The van der Waals surface area contributed by atoms with E-state index in [2.05, 4.69) is 4.98 Å². The molecule has 1 aromatic carbocycles. The minimum atomic E-state index is -0.128. The molecular formula is C12H9NO2. The molecule has 1 heterocycles. The molecule has 0 aliphatic heterocycles. The molecule has 0 unspecified atom stereocenters. The molecule has 15 heavy (non-hydrogen) atoms. The Labute approximate surface area is 86.4 Å². The van der Waals surface area contributed by atoms with Crippen LogP contribution in [0, 0.1) is 0 Å². The number of hydrogen-bond acceptors (Lipinski definition) is 2. The predicted molar refractivity (Wildman–Crippen MR) is 57.9 cm³/mol. The number of carbonyl (C=O) groups excluding carboxylic acids is 1. The number of aromatic amines is 1. The first-order valence-corrected chi connectivity index (χ1v) is 4.54. The van der Waals surface area contributed by atoms with Crippen molar-refractivity contribution in [2.24, 2.45) is 0 Å². The first-order valence-electron chi connectivity index (χ1n) is 4.54. The Kier molecular flexibility index (Phi) is 2.46. The Morgan fingerprint density at radius 1 is 1.07 bits per heavy atom. The topological polar surface area (TPSA) is 49.9 Å². The van der Waals surface area contributed by atoms with Gasteiger partial charge in [0.25, 0.3) is 5.56 Å². The van der Waals surface area contributed by atoms with E-state index in [-0.39, 0.29) is 5.56 Å². The van der Waals surface area contributed by atoms with Crippen LogP contribution in [0.5, 0.6) is 0 Å². The molecule has 0 fully saturated rings. The summed E-state index contributed by atoms with van der Waals surface area (Å²) in [4.78, 5) is 24.5. The maximum absolute atomic E-state index is 11.4. The highest BCUT2D eigenvalue weighted by Gasteiger charge is 2.01. The first kappa shape index (κ1) is 9.40. The number of aromatic nitrogens is 1. The Morgan fingerprint density at radius 3 is 2.40 bits per heavy atom. The average Bonchev–Trinajstić information content (AvgIpc) is 2.30. The van der Waals surface area contributed by atoms with Gasteiger partial charge in [0.1, 0.15) is 6.29 Å². The zero-order valence-corrected chi connectivity index (χ0v) is 7.94. The van der Waals surface area contributed by atoms with Crippen molar-refractivity contribution in [1.82, 2.24) is 4.98 Å². The Hall–Kier alpha value is -2.16. The minimum Gasteiger partial charge on any atom is -0.329 e. The average molecular weight is 199 g/mol. The molecule has 0 saturated heterocycles. The number of rotatable bonds is 2. The van der Waals surface area contributed by atoms with Crippen LogP contribution in [0.2, 0.25) is 0 Å². The predicted octanol–water partition coefficient (Wildman–Crippen LogP) is 1.85. The van der Waals surface area contributed by atoms with Gasteiger partial charge in [-0.25, -0.2) is 0 Å². The highest BCUT2D eigenvalue weighted by molar-refractivity contribution is 5.76. The van der Waals surface area contributed by atoms with Gasteiger partial charge in [-0.2, -0.15) is 0 Å². The second-order valence-electron chi connectivity index (χ2n) is 3.15. The number of carbonyl (C=O) groups is 1. The Bertz CT molecular complexity index is 526. The van der Waals surface area contributed by atoms with E-state index in [1.54, 1.807) is 42.6 Å². The summed E-state index contributed by atoms with van der Waals surface area (Å²) in [5.41, 5.74) is 1.89. The van der Waals surface area contributed by atoms with Crippen molar-refractivity contribution in [2.75, 3.05) is 0 Å². The molecule has 2 aromatic rings. The van der Waals surface area contributed by atoms with Crippen molar-refractivity contribution < 1.29 is 4.79 Å². The third-order valence-electron chi connectivity index (χ3n) is 2.18. The zero-order valence-electron chi connectivity index (χ0n) is 7.94. The Balaban J connectivity index is 2.51. The summed E-state index contributed by atoms with van der Waals surface area (Å²) in [6.07, 6.45) is 2.37. The molecule has 0 amide bonds. The fraction of sp³-hybridized carbons (Fsp3) is 0. The van der Waals surface area contributed by atoms with Gasteiger partial charge in [-0.05, 0) is 17.7 Å². The van der Waals surface area contributed by atoms with Gasteiger partial charge >= 0.3 is 0 Å². The fourth-order valence-corrected chi connectivity index (χ4v) is 1.39. The maximum atomic E-state index is 11.4. The third kappa shape index (κ3) is 1.86. The van der Waals surface area contributed by atoms with Gasteiger partial charge in [-0.1, -0.05) is 24.3 Å². The van der Waals surface area contributed by atoms with Crippen molar-refractivity contribution in [3.05, 3.63) is 58.5 Å². The Morgan fingerprint density at radius 2 is 1.80 bits per heavy atom. The summed E-state index contributed by atoms with van der Waals surface area (Å²) in [7, 11) is 0. The summed E-state index contributed by atoms with van der Waals surface area (Å²) < 4.78 is 0. The van der Waals surface area contributed by atoms with Crippen LogP contribution in [0.15, 0.2) is 47.4 Å². The largest absolute Gasteiger partial charge is 0.329 e. The van der Waals surface area contributed by atoms with Gasteiger partial charge < -0.3 is 4.98 Å². The lowest BCUT2D eigenvalue weighted by Gasteiger charge is -1.99. The van der Waals surface area contributed by atoms with Crippen LogP contribution in [-0.2, 0) is 0 Å². The van der Waals surface area contributed by atoms with Gasteiger partial charge in [0.05, 0.1) is 0 Å². The molecule has 0 atom stereocenters. The SMILES string of the molecule is O=Cc1ccc(-c2ccc[nH]c2=O)cc1. The van der Waals surface area contributed by atoms with E-state index in [1.165, 1.54) is 0 Å². The number of aldehydes is 1. The monoisotopic (exact) mass is 199 g/mol. The van der Waals surface area contributed by atoms with Crippen LogP contribution < -0.4 is 5.56 Å². The summed E-state index contributed by atoms with van der Waals surface area (Å²) in [5, 5.41) is 0. The number of H-pyrrole nitrogens is 1. The maximum Gasteiger partial charge on any atom is 0.255 e. The smallest absolute Gasteiger partial charge is 0.255 e. The minimum absolute atomic E-state index is 0.128. The molecule has 74 valence electrons. The van der Waals surface area contributed by atoms with Crippen molar-refractivity contribution in [2.45, 2.75) is 0 Å². The van der Waals surface area contributed by atoms with Gasteiger partial charge in [-0.3, -0.25) is 9.59 Å². The molecule has 2 rings (SSSR count). The molecule has 0 aliphatic carbocycles. The van der Waals surface area contributed by atoms with Gasteiger partial charge in [0, 0.05) is 17.3 Å². The number of hydrogen-bond donors (Lipinski definition) is 1. The molecule has 0 saturated carbocycles. The van der Waals surface area contributed by atoms with Crippen LogP contribution in [0.25, 0.3) is 11.1 Å². The van der Waals surface area contributed by atoms with Crippen molar-refractivity contribution >= 4 is 6.29 Å². The normalized spacial score (nSPS) is 9.87. The number of pyridine rings is 1. The first-order chi connectivity index (χ1) is 7.31. The summed E-state index contributed by atoms with van der Waals surface area (Å²) in [5.74, 6) is 0. The summed E-state index contributed by atoms with van der Waals surface area (Å²) in [6, 6.07) is 10.4. The molecular weight excluding hydrogens is 190 g/mol. The van der Waals surface area contributed by atoms with E-state index in [0.717, 1.165) is 11.8 Å². The highest BCUT2D eigenvalue weighted by atomic mass is 16.1. The zero-order chi connectivity index (χ0) is 10.7. The van der Waals surface area contributed by atoms with Crippen LogP contribution in [0.1, 0.15) is 10.4 Å². The van der Waals surface area contributed by atoms with E-state index in [1.807, 2.05) is 0 Å². The van der Waals surface area contributed by atoms with E-state index < -0.39 is 0 Å². The standard InChI is InChI=1S/C12H9NO2/c14-8-9-3-5-10(6-4-9)11-2-1-7-13-12(11)15/h1-8H,(H,13,15). The molecule has 3 heteroatoms. The van der Waals surface area contributed by atoms with Crippen LogP contribution >= 0.6 is 0 Å². The number of benzene rings is 1. The van der Waals surface area contributed by atoms with Crippen LogP contribution in [0.3, 0.4) is 0 Å². The number of nitrogens with one attached hydrogen (secondary N) is 1. The van der Waals surface area contributed by atoms with Gasteiger partial charge in [0.2, 0.25) is 0 Å². The second kappa shape index (κ2) is 3.92. The second-order valence-corrected chi connectivity index (χ2v) is 3.15. The molecule has 0 aliphatic rings. The van der Waals surface area contributed by atoms with E-state index in [0.29, 0.717) is 11.1 Å². The van der Waals surface area contributed by atoms with E-state index >= 15 is 0 Å². The van der Waals surface area contributed by atoms with E-state index in [4.69, 9.17) is 0 Å².